The van der Waals surface area contributed by atoms with Crippen molar-refractivity contribution in [2.45, 2.75) is 24.8 Å². The number of likely N-dealkylation sites (N-methyl/N-ethyl adjacent to an activating group) is 1. The number of hydrogen-bond acceptors (Lipinski definition) is 6. The van der Waals surface area contributed by atoms with Crippen LogP contribution >= 0.6 is 15.9 Å². The van der Waals surface area contributed by atoms with Crippen LogP contribution in [0.5, 0.6) is 0 Å². The van der Waals surface area contributed by atoms with Crippen LogP contribution in [-0.4, -0.2) is 61.9 Å². The van der Waals surface area contributed by atoms with Gasteiger partial charge in [-0.25, -0.2) is 4.98 Å². The number of nitrogens with two attached hydrogens (primary N) is 1. The van der Waals surface area contributed by atoms with Gasteiger partial charge in [0.25, 0.3) is 0 Å². The predicted molar refractivity (Wildman–Crippen MR) is 110 cm³/mol. The van der Waals surface area contributed by atoms with Crippen molar-refractivity contribution >= 4 is 33.3 Å². The second-order valence-electron chi connectivity index (χ2n) is 7.36. The number of aromatic nitrogens is 5. The molecule has 10 heteroatoms. The van der Waals surface area contributed by atoms with E-state index >= 15 is 0 Å². The van der Waals surface area contributed by atoms with Gasteiger partial charge in [-0.3, -0.25) is 9.48 Å². The maximum atomic E-state index is 12.2. The number of carbonyl (C=O) groups is 1. The van der Waals surface area contributed by atoms with E-state index in [1.54, 1.807) is 40.6 Å². The minimum Gasteiger partial charge on any atom is -0.383 e. The molecule has 0 aromatic carbocycles. The van der Waals surface area contributed by atoms with Crippen LogP contribution in [0.25, 0.3) is 16.8 Å². The van der Waals surface area contributed by atoms with Crippen molar-refractivity contribution in [1.82, 2.24) is 34.6 Å². The number of nitrogens with zero attached hydrogens (tertiary/aromatic N) is 6. The lowest BCUT2D eigenvalue weighted by molar-refractivity contribution is -0.131. The molecule has 1 saturated heterocycles. The SMILES string of the molecule is CN(C)C(=O)[C@@H]1CC[C@H](c2nc3c(-c4cnn(C)c4)cnn3c(N)c2Br)CN1. The van der Waals surface area contributed by atoms with E-state index in [9.17, 15) is 4.79 Å². The first-order valence-corrected chi connectivity index (χ1v) is 9.92. The van der Waals surface area contributed by atoms with Crippen molar-refractivity contribution in [3.63, 3.8) is 0 Å². The van der Waals surface area contributed by atoms with Gasteiger partial charge >= 0.3 is 0 Å². The van der Waals surface area contributed by atoms with E-state index in [4.69, 9.17) is 10.7 Å². The second-order valence-corrected chi connectivity index (χ2v) is 8.15. The van der Waals surface area contributed by atoms with Crippen LogP contribution in [-0.2, 0) is 11.8 Å². The molecule has 4 rings (SSSR count). The van der Waals surface area contributed by atoms with Crippen LogP contribution in [0.3, 0.4) is 0 Å². The van der Waals surface area contributed by atoms with Crippen molar-refractivity contribution < 1.29 is 4.79 Å². The Morgan fingerprint density at radius 1 is 1.32 bits per heavy atom. The number of nitrogens with one attached hydrogen (secondary N) is 1. The lowest BCUT2D eigenvalue weighted by Crippen LogP contribution is -2.48. The molecule has 0 spiro atoms. The second kappa shape index (κ2) is 7.17. The third-order valence-corrected chi connectivity index (χ3v) is 6.02. The van der Waals surface area contributed by atoms with Crippen LogP contribution < -0.4 is 11.1 Å². The highest BCUT2D eigenvalue weighted by atomic mass is 79.9. The zero-order valence-electron chi connectivity index (χ0n) is 16.1. The molecule has 1 aliphatic rings. The first kappa shape index (κ1) is 18.9. The number of carbonyl (C=O) groups excluding carboxylic acids is 1. The van der Waals surface area contributed by atoms with Crippen LogP contribution in [0.2, 0.25) is 0 Å². The molecular weight excluding hydrogens is 424 g/mol. The Hall–Kier alpha value is -2.46. The summed E-state index contributed by atoms with van der Waals surface area (Å²) >= 11 is 3.61. The summed E-state index contributed by atoms with van der Waals surface area (Å²) in [6.45, 7) is 0.668. The van der Waals surface area contributed by atoms with Crippen LogP contribution in [0.4, 0.5) is 5.82 Å². The molecule has 3 aromatic rings. The van der Waals surface area contributed by atoms with Crippen molar-refractivity contribution in [1.29, 1.82) is 0 Å². The summed E-state index contributed by atoms with van der Waals surface area (Å²) in [6, 6.07) is -0.146. The van der Waals surface area contributed by atoms with Gasteiger partial charge in [-0.05, 0) is 28.8 Å². The van der Waals surface area contributed by atoms with Gasteiger partial charge in [0.2, 0.25) is 5.91 Å². The monoisotopic (exact) mass is 446 g/mol. The third-order valence-electron chi connectivity index (χ3n) is 5.20. The fourth-order valence-corrected chi connectivity index (χ4v) is 4.24. The van der Waals surface area contributed by atoms with E-state index in [0.717, 1.165) is 34.1 Å². The Bertz CT molecular complexity index is 1030. The van der Waals surface area contributed by atoms with E-state index in [-0.39, 0.29) is 17.9 Å². The maximum Gasteiger partial charge on any atom is 0.239 e. The summed E-state index contributed by atoms with van der Waals surface area (Å²) < 4.78 is 4.14. The molecule has 4 heterocycles. The number of rotatable bonds is 3. The molecule has 1 fully saturated rings. The zero-order valence-corrected chi connectivity index (χ0v) is 17.6. The van der Waals surface area contributed by atoms with Gasteiger partial charge in [-0.2, -0.15) is 14.7 Å². The third kappa shape index (κ3) is 3.16. The first-order chi connectivity index (χ1) is 13.4. The number of hydrogen-bond donors (Lipinski definition) is 2. The molecule has 1 amide bonds. The molecule has 0 saturated carbocycles. The normalized spacial score (nSPS) is 19.9. The maximum absolute atomic E-state index is 12.2. The highest BCUT2D eigenvalue weighted by Crippen LogP contribution is 2.35. The van der Waals surface area contributed by atoms with Gasteiger partial charge in [0.15, 0.2) is 5.65 Å². The lowest BCUT2D eigenvalue weighted by atomic mass is 9.91. The largest absolute Gasteiger partial charge is 0.383 e. The summed E-state index contributed by atoms with van der Waals surface area (Å²) in [6.07, 6.45) is 7.09. The van der Waals surface area contributed by atoms with Crippen molar-refractivity contribution in [3.8, 4) is 11.1 Å². The van der Waals surface area contributed by atoms with E-state index < -0.39 is 0 Å². The molecule has 0 unspecified atom stereocenters. The summed E-state index contributed by atoms with van der Waals surface area (Å²) in [4.78, 5) is 18.7. The molecular formula is C18H23BrN8O. The van der Waals surface area contributed by atoms with Crippen molar-refractivity contribution in [2.24, 2.45) is 7.05 Å². The van der Waals surface area contributed by atoms with Crippen molar-refractivity contribution in [3.05, 3.63) is 28.8 Å². The summed E-state index contributed by atoms with van der Waals surface area (Å²) in [5.74, 6) is 0.779. The fourth-order valence-electron chi connectivity index (χ4n) is 3.66. The van der Waals surface area contributed by atoms with Gasteiger partial charge < -0.3 is 16.0 Å². The van der Waals surface area contributed by atoms with E-state index in [1.165, 1.54) is 0 Å². The smallest absolute Gasteiger partial charge is 0.239 e. The molecule has 28 heavy (non-hydrogen) atoms. The topological polar surface area (TPSA) is 106 Å². The molecule has 9 nitrogen and oxygen atoms in total. The van der Waals surface area contributed by atoms with Crippen LogP contribution in [0.15, 0.2) is 23.1 Å². The number of halogens is 1. The molecule has 1 aliphatic heterocycles. The number of nitrogen functional groups attached to an aromatic ring is 1. The van der Waals surface area contributed by atoms with E-state index in [0.29, 0.717) is 18.0 Å². The molecule has 0 bridgehead atoms. The molecule has 0 aliphatic carbocycles. The number of fused-ring (bicyclic) bond motifs is 1. The number of piperidine rings is 1. The minimum absolute atomic E-state index is 0.107. The van der Waals surface area contributed by atoms with Gasteiger partial charge in [-0.15, -0.1) is 0 Å². The summed E-state index contributed by atoms with van der Waals surface area (Å²) in [5, 5.41) is 12.0. The van der Waals surface area contributed by atoms with E-state index in [2.05, 4.69) is 31.4 Å². The highest BCUT2D eigenvalue weighted by molar-refractivity contribution is 9.10. The van der Waals surface area contributed by atoms with E-state index in [1.807, 2.05) is 13.2 Å². The van der Waals surface area contributed by atoms with Gasteiger partial charge in [0, 0.05) is 50.9 Å². The average Bonchev–Trinajstić information content (AvgIpc) is 3.30. The van der Waals surface area contributed by atoms with Crippen LogP contribution in [0, 0.1) is 0 Å². The molecule has 148 valence electrons. The fraction of sp³-hybridized carbons (Fsp3) is 0.444. The van der Waals surface area contributed by atoms with Gasteiger partial charge in [-0.1, -0.05) is 0 Å². The molecule has 2 atom stereocenters. The Balaban J connectivity index is 1.68. The van der Waals surface area contributed by atoms with Crippen molar-refractivity contribution in [2.75, 3.05) is 26.4 Å². The number of amides is 1. The minimum atomic E-state index is -0.146. The molecule has 0 radical (unpaired) electrons. The molecule has 3 aromatic heterocycles. The van der Waals surface area contributed by atoms with Crippen LogP contribution in [0.1, 0.15) is 24.5 Å². The quantitative estimate of drug-likeness (QED) is 0.629. The Morgan fingerprint density at radius 2 is 2.11 bits per heavy atom. The zero-order chi connectivity index (χ0) is 20.0. The Kier molecular flexibility index (Phi) is 4.84. The average molecular weight is 447 g/mol. The van der Waals surface area contributed by atoms with Gasteiger partial charge in [0.1, 0.15) is 5.82 Å². The Morgan fingerprint density at radius 3 is 2.71 bits per heavy atom. The van der Waals surface area contributed by atoms with Gasteiger partial charge in [0.05, 0.1) is 28.6 Å². The summed E-state index contributed by atoms with van der Waals surface area (Å²) in [7, 11) is 5.43. The molecule has 3 N–H and O–H groups in total. The predicted octanol–water partition coefficient (Wildman–Crippen LogP) is 1.40. The number of anilines is 1. The first-order valence-electron chi connectivity index (χ1n) is 9.13. The summed E-state index contributed by atoms with van der Waals surface area (Å²) in [5.41, 5.74) is 9.77. The lowest BCUT2D eigenvalue weighted by Gasteiger charge is -2.31. The standard InChI is InChI=1S/C18H23BrN8O/c1-25(2)18(28)13-5-4-10(6-21-13)15-14(19)16(20)27-17(24-15)12(8-23-27)11-7-22-26(3)9-11/h7-10,13,21H,4-6,20H2,1-3H3/t10-,13-/m0/s1. The highest BCUT2D eigenvalue weighted by Gasteiger charge is 2.30. The number of aryl methyl sites for hydroxylation is 1. The Labute approximate surface area is 171 Å².